The van der Waals surface area contributed by atoms with E-state index in [4.69, 9.17) is 5.26 Å². The molecule has 0 aliphatic heterocycles. The molecule has 7 heteroatoms. The van der Waals surface area contributed by atoms with Crippen molar-refractivity contribution in [3.63, 3.8) is 0 Å². The largest absolute Gasteiger partial charge is 0.369 e. The Morgan fingerprint density at radius 3 is 2.14 bits per heavy atom. The van der Waals surface area contributed by atoms with Gasteiger partial charge in [0.1, 0.15) is 11.7 Å². The van der Waals surface area contributed by atoms with Crippen LogP contribution < -0.4 is 0 Å². The van der Waals surface area contributed by atoms with Gasteiger partial charge >= 0.3 is 0 Å². The summed E-state index contributed by atoms with van der Waals surface area (Å²) >= 11 is 2.63. The highest BCUT2D eigenvalue weighted by Crippen LogP contribution is 2.31. The number of nitrogens with zero attached hydrogens (tertiary/aromatic N) is 3. The maximum Gasteiger partial charge on any atom is 0.159 e. The highest BCUT2D eigenvalue weighted by Gasteiger charge is 2.14. The van der Waals surface area contributed by atoms with Crippen molar-refractivity contribution < 1.29 is 9.90 Å². The molecule has 0 heterocycles. The minimum Gasteiger partial charge on any atom is -0.369 e. The first-order valence-corrected chi connectivity index (χ1v) is 7.98. The smallest absolute Gasteiger partial charge is 0.159 e. The van der Waals surface area contributed by atoms with Crippen LogP contribution in [-0.2, 0) is 4.79 Å². The molecule has 0 bridgehead atoms. The molecule has 1 rings (SSSR count). The number of aliphatic hydroxyl groups excluding tert-OH is 1. The lowest BCUT2D eigenvalue weighted by Crippen LogP contribution is -2.25. The van der Waals surface area contributed by atoms with Crippen LogP contribution in [0.5, 0.6) is 0 Å². The Labute approximate surface area is 133 Å². The van der Waals surface area contributed by atoms with Gasteiger partial charge in [-0.2, -0.15) is 5.26 Å². The summed E-state index contributed by atoms with van der Waals surface area (Å²) in [6.07, 6.45) is 0.866. The summed E-state index contributed by atoms with van der Waals surface area (Å²) in [7, 11) is 7.20. The van der Waals surface area contributed by atoms with E-state index in [1.54, 1.807) is 36.0 Å². The van der Waals surface area contributed by atoms with Gasteiger partial charge in [-0.05, 0) is 46.4 Å². The van der Waals surface area contributed by atoms with E-state index in [2.05, 4.69) is 6.07 Å². The van der Waals surface area contributed by atoms with E-state index in [0.29, 0.717) is 5.56 Å². The average Bonchev–Trinajstić information content (AvgIpc) is 2.43. The molecule has 1 aromatic rings. The van der Waals surface area contributed by atoms with E-state index in [0.717, 1.165) is 16.1 Å². The van der Waals surface area contributed by atoms with Gasteiger partial charge < -0.3 is 9.90 Å². The molecule has 0 radical (unpaired) electrons. The Kier molecular flexibility index (Phi) is 7.22. The highest BCUT2D eigenvalue weighted by molar-refractivity contribution is 8.01. The molecule has 1 N–H and O–H groups in total. The molecule has 0 spiro atoms. The molecule has 2 unspecified atom stereocenters. The van der Waals surface area contributed by atoms with Gasteiger partial charge in [-0.25, -0.2) is 0 Å². The van der Waals surface area contributed by atoms with Crippen LogP contribution in [0.3, 0.4) is 0 Å². The molecule has 0 saturated heterocycles. The van der Waals surface area contributed by atoms with E-state index in [1.807, 2.05) is 20.2 Å². The zero-order valence-electron chi connectivity index (χ0n) is 12.5. The average molecular weight is 325 g/mol. The third kappa shape index (κ3) is 5.69. The van der Waals surface area contributed by atoms with Crippen LogP contribution in [0.2, 0.25) is 0 Å². The van der Waals surface area contributed by atoms with Gasteiger partial charge in [0.25, 0.3) is 0 Å². The number of carbonyl (C=O) groups is 1. The second-order valence-corrected chi connectivity index (χ2v) is 7.14. The van der Waals surface area contributed by atoms with Crippen LogP contribution in [0.15, 0.2) is 28.0 Å². The summed E-state index contributed by atoms with van der Waals surface area (Å²) in [5.41, 5.74) is -0.177. The van der Waals surface area contributed by atoms with Crippen LogP contribution >= 0.6 is 23.5 Å². The zero-order chi connectivity index (χ0) is 16.0. The SMILES string of the molecule is CN(C)C(O)Sc1cc(C#N)cc(SC(C=O)N(C)C)c1. The van der Waals surface area contributed by atoms with Crippen molar-refractivity contribution in [2.45, 2.75) is 20.7 Å². The fraction of sp³-hybridized carbons (Fsp3) is 0.429. The molecule has 5 nitrogen and oxygen atoms in total. The molecule has 1 aromatic carbocycles. The summed E-state index contributed by atoms with van der Waals surface area (Å²) in [5.74, 6) is 0. The molecule has 0 amide bonds. The quantitative estimate of drug-likeness (QED) is 0.464. The second kappa shape index (κ2) is 8.41. The fourth-order valence-corrected chi connectivity index (χ4v) is 3.25. The number of thioether (sulfide) groups is 2. The lowest BCUT2D eigenvalue weighted by atomic mass is 10.2. The van der Waals surface area contributed by atoms with E-state index >= 15 is 0 Å². The second-order valence-electron chi connectivity index (χ2n) is 4.82. The van der Waals surface area contributed by atoms with Crippen molar-refractivity contribution in [1.82, 2.24) is 9.80 Å². The van der Waals surface area contributed by atoms with Crippen LogP contribution in [-0.4, -0.2) is 60.3 Å². The number of nitriles is 1. The highest BCUT2D eigenvalue weighted by atomic mass is 32.2. The number of carbonyl (C=O) groups excluding carboxylic acids is 1. The monoisotopic (exact) mass is 325 g/mol. The van der Waals surface area contributed by atoms with Crippen molar-refractivity contribution in [2.24, 2.45) is 0 Å². The number of rotatable bonds is 7. The van der Waals surface area contributed by atoms with E-state index in [9.17, 15) is 9.90 Å². The Hall–Kier alpha value is -1.04. The van der Waals surface area contributed by atoms with E-state index < -0.39 is 5.56 Å². The minimum atomic E-state index is -0.687. The maximum absolute atomic E-state index is 11.1. The predicted octanol–water partition coefficient (Wildman–Crippen LogP) is 1.67. The summed E-state index contributed by atoms with van der Waals surface area (Å²) in [4.78, 5) is 16.2. The van der Waals surface area contributed by atoms with Crippen molar-refractivity contribution in [2.75, 3.05) is 28.2 Å². The molecule has 0 saturated carbocycles. The number of aliphatic hydroxyl groups is 1. The predicted molar refractivity (Wildman–Crippen MR) is 86.1 cm³/mol. The molecule has 2 atom stereocenters. The van der Waals surface area contributed by atoms with Gasteiger partial charge in [0.2, 0.25) is 0 Å². The number of aldehydes is 1. The molecule has 0 aliphatic carbocycles. The molecule has 21 heavy (non-hydrogen) atoms. The summed E-state index contributed by atoms with van der Waals surface area (Å²) in [6.45, 7) is 0. The topological polar surface area (TPSA) is 67.6 Å². The van der Waals surface area contributed by atoms with Crippen LogP contribution in [0.25, 0.3) is 0 Å². The van der Waals surface area contributed by atoms with Gasteiger partial charge in [-0.15, -0.1) is 0 Å². The zero-order valence-corrected chi connectivity index (χ0v) is 14.1. The van der Waals surface area contributed by atoms with Crippen LogP contribution in [0.4, 0.5) is 0 Å². The Morgan fingerprint density at radius 2 is 1.71 bits per heavy atom. The van der Waals surface area contributed by atoms with Crippen molar-refractivity contribution in [3.8, 4) is 6.07 Å². The number of hydrogen-bond acceptors (Lipinski definition) is 7. The van der Waals surface area contributed by atoms with Gasteiger partial charge in [0, 0.05) is 9.79 Å². The van der Waals surface area contributed by atoms with Gasteiger partial charge in [-0.1, -0.05) is 23.5 Å². The Bertz CT molecular complexity index is 529. The number of benzene rings is 1. The molecule has 0 fully saturated rings. The number of likely N-dealkylation sites (N-methyl/N-ethyl adjacent to an activating group) is 1. The summed E-state index contributed by atoms with van der Waals surface area (Å²) in [6, 6.07) is 7.46. The van der Waals surface area contributed by atoms with E-state index in [-0.39, 0.29) is 5.37 Å². The molecule has 114 valence electrons. The lowest BCUT2D eigenvalue weighted by molar-refractivity contribution is -0.109. The minimum absolute atomic E-state index is 0.310. The van der Waals surface area contributed by atoms with Crippen LogP contribution in [0, 0.1) is 11.3 Å². The third-order valence-corrected chi connectivity index (χ3v) is 5.00. The summed E-state index contributed by atoms with van der Waals surface area (Å²) in [5, 5.41) is 18.7. The number of hydrogen-bond donors (Lipinski definition) is 1. The van der Waals surface area contributed by atoms with Gasteiger partial charge in [0.05, 0.1) is 11.6 Å². The first-order valence-electron chi connectivity index (χ1n) is 6.22. The molecular formula is C14H19N3O2S2. The first kappa shape index (κ1) is 18.0. The molecular weight excluding hydrogens is 306 g/mol. The molecule has 0 aromatic heterocycles. The standard InChI is InChI=1S/C14H19N3O2S2/c1-16(2)13(9-18)20-11-5-10(8-15)6-12(7-11)21-14(19)17(3)4/h5-7,9,13-14,19H,1-4H3. The van der Waals surface area contributed by atoms with Gasteiger partial charge in [-0.3, -0.25) is 9.80 Å². The van der Waals surface area contributed by atoms with Crippen molar-refractivity contribution in [1.29, 1.82) is 5.26 Å². The van der Waals surface area contributed by atoms with Crippen molar-refractivity contribution in [3.05, 3.63) is 23.8 Å². The maximum atomic E-state index is 11.1. The van der Waals surface area contributed by atoms with Crippen LogP contribution in [0.1, 0.15) is 5.56 Å². The normalized spacial score (nSPS) is 14.0. The first-order chi connectivity index (χ1) is 9.87. The van der Waals surface area contributed by atoms with Gasteiger partial charge in [0.15, 0.2) is 5.56 Å². The fourth-order valence-electron chi connectivity index (χ4n) is 1.39. The lowest BCUT2D eigenvalue weighted by Gasteiger charge is -2.20. The molecule has 0 aliphatic rings. The van der Waals surface area contributed by atoms with E-state index in [1.165, 1.54) is 23.5 Å². The van der Waals surface area contributed by atoms with Crippen molar-refractivity contribution >= 4 is 29.8 Å². The Balaban J connectivity index is 3.00. The third-order valence-electron chi connectivity index (χ3n) is 2.57. The summed E-state index contributed by atoms with van der Waals surface area (Å²) < 4.78 is 0. The Morgan fingerprint density at radius 1 is 1.14 bits per heavy atom.